The summed E-state index contributed by atoms with van der Waals surface area (Å²) < 4.78 is 16.4. The molecule has 0 aliphatic carbocycles. The summed E-state index contributed by atoms with van der Waals surface area (Å²) in [5.74, 6) is 0.103. The SMILES string of the molecule is CCCc1cc(=O)oc2cc(O[C@H](C)C(=O)NCCCN3CCOCC3)c(Cl)cc12. The second kappa shape index (κ2) is 10.8. The van der Waals surface area contributed by atoms with E-state index in [1.807, 2.05) is 6.92 Å². The Bertz CT molecular complexity index is 924. The number of fused-ring (bicyclic) bond motifs is 1. The van der Waals surface area contributed by atoms with Gasteiger partial charge < -0.3 is 19.2 Å². The maximum Gasteiger partial charge on any atom is 0.336 e. The van der Waals surface area contributed by atoms with Gasteiger partial charge in [-0.3, -0.25) is 9.69 Å². The number of halogens is 1. The molecule has 0 spiro atoms. The molecular formula is C22H29ClN2O5. The Morgan fingerprint density at radius 1 is 1.30 bits per heavy atom. The first-order chi connectivity index (χ1) is 14.5. The van der Waals surface area contributed by atoms with Crippen LogP contribution in [-0.4, -0.2) is 56.3 Å². The van der Waals surface area contributed by atoms with Crippen molar-refractivity contribution < 1.29 is 18.7 Å². The van der Waals surface area contributed by atoms with E-state index in [1.54, 1.807) is 19.1 Å². The molecule has 1 aliphatic heterocycles. The highest BCUT2D eigenvalue weighted by atomic mass is 35.5. The minimum absolute atomic E-state index is 0.214. The number of morpholine rings is 1. The molecule has 0 unspecified atom stereocenters. The van der Waals surface area contributed by atoms with Crippen molar-refractivity contribution in [2.24, 2.45) is 0 Å². The molecule has 0 saturated carbocycles. The highest BCUT2D eigenvalue weighted by Crippen LogP contribution is 2.32. The van der Waals surface area contributed by atoms with Crippen LogP contribution in [0.1, 0.15) is 32.3 Å². The van der Waals surface area contributed by atoms with Crippen LogP contribution in [0.2, 0.25) is 5.02 Å². The first-order valence-electron chi connectivity index (χ1n) is 10.5. The van der Waals surface area contributed by atoms with E-state index in [4.69, 9.17) is 25.5 Å². The van der Waals surface area contributed by atoms with E-state index >= 15 is 0 Å². The monoisotopic (exact) mass is 436 g/mol. The van der Waals surface area contributed by atoms with Crippen molar-refractivity contribution in [2.75, 3.05) is 39.4 Å². The molecule has 2 heterocycles. The minimum Gasteiger partial charge on any atom is -0.479 e. The number of benzene rings is 1. The maximum absolute atomic E-state index is 12.4. The van der Waals surface area contributed by atoms with Crippen LogP contribution >= 0.6 is 11.6 Å². The molecule has 1 saturated heterocycles. The van der Waals surface area contributed by atoms with E-state index in [2.05, 4.69) is 10.2 Å². The Morgan fingerprint density at radius 2 is 2.07 bits per heavy atom. The number of rotatable bonds is 9. The van der Waals surface area contributed by atoms with Gasteiger partial charge in [-0.15, -0.1) is 0 Å². The van der Waals surface area contributed by atoms with Gasteiger partial charge in [0.25, 0.3) is 5.91 Å². The second-order valence-corrected chi connectivity index (χ2v) is 7.89. The van der Waals surface area contributed by atoms with E-state index in [0.717, 1.165) is 63.1 Å². The highest BCUT2D eigenvalue weighted by Gasteiger charge is 2.18. The Kier molecular flexibility index (Phi) is 8.13. The van der Waals surface area contributed by atoms with Gasteiger partial charge in [0, 0.05) is 37.2 Å². The Labute approximate surface area is 181 Å². The summed E-state index contributed by atoms with van der Waals surface area (Å²) >= 11 is 6.38. The molecule has 7 nitrogen and oxygen atoms in total. The summed E-state index contributed by atoms with van der Waals surface area (Å²) in [6.07, 6.45) is 1.79. The fraction of sp³-hybridized carbons (Fsp3) is 0.545. The molecule has 1 aliphatic rings. The smallest absolute Gasteiger partial charge is 0.336 e. The third-order valence-electron chi connectivity index (χ3n) is 5.13. The van der Waals surface area contributed by atoms with Crippen molar-refractivity contribution in [3.05, 3.63) is 39.2 Å². The molecule has 1 N–H and O–H groups in total. The van der Waals surface area contributed by atoms with Crippen LogP contribution in [0.3, 0.4) is 0 Å². The van der Waals surface area contributed by atoms with Gasteiger partial charge in [-0.05, 0) is 37.9 Å². The second-order valence-electron chi connectivity index (χ2n) is 7.48. The Balaban J connectivity index is 1.58. The lowest BCUT2D eigenvalue weighted by atomic mass is 10.1. The molecular weight excluding hydrogens is 408 g/mol. The van der Waals surface area contributed by atoms with E-state index in [1.165, 1.54) is 6.07 Å². The zero-order valence-electron chi connectivity index (χ0n) is 17.5. The molecule has 1 atom stereocenters. The van der Waals surface area contributed by atoms with Crippen LogP contribution in [0.25, 0.3) is 11.0 Å². The van der Waals surface area contributed by atoms with Gasteiger partial charge in [-0.2, -0.15) is 0 Å². The van der Waals surface area contributed by atoms with Crippen LogP contribution in [0.15, 0.2) is 27.4 Å². The summed E-state index contributed by atoms with van der Waals surface area (Å²) in [4.78, 5) is 26.6. The lowest BCUT2D eigenvalue weighted by molar-refractivity contribution is -0.127. The Hall–Kier alpha value is -2.09. The predicted molar refractivity (Wildman–Crippen MR) is 116 cm³/mol. The zero-order chi connectivity index (χ0) is 21.5. The maximum atomic E-state index is 12.4. The fourth-order valence-corrected chi connectivity index (χ4v) is 3.73. The van der Waals surface area contributed by atoms with Crippen LogP contribution in [-0.2, 0) is 16.0 Å². The van der Waals surface area contributed by atoms with E-state index in [9.17, 15) is 9.59 Å². The third-order valence-corrected chi connectivity index (χ3v) is 5.42. The number of aryl methyl sites for hydroxylation is 1. The number of nitrogens with zero attached hydrogens (tertiary/aromatic N) is 1. The van der Waals surface area contributed by atoms with Crippen molar-refractivity contribution in [1.82, 2.24) is 10.2 Å². The van der Waals surface area contributed by atoms with Crippen LogP contribution in [0.4, 0.5) is 0 Å². The third kappa shape index (κ3) is 5.97. The zero-order valence-corrected chi connectivity index (χ0v) is 18.3. The Morgan fingerprint density at radius 3 is 2.80 bits per heavy atom. The minimum atomic E-state index is -0.728. The van der Waals surface area contributed by atoms with Crippen molar-refractivity contribution >= 4 is 28.5 Å². The van der Waals surface area contributed by atoms with Gasteiger partial charge in [0.15, 0.2) is 6.10 Å². The summed E-state index contributed by atoms with van der Waals surface area (Å²) in [6.45, 7) is 8.61. The topological polar surface area (TPSA) is 81.0 Å². The number of hydrogen-bond acceptors (Lipinski definition) is 6. The molecule has 164 valence electrons. The lowest BCUT2D eigenvalue weighted by Gasteiger charge is -2.26. The van der Waals surface area contributed by atoms with Crippen molar-refractivity contribution in [1.29, 1.82) is 0 Å². The van der Waals surface area contributed by atoms with Crippen molar-refractivity contribution in [3.8, 4) is 5.75 Å². The molecule has 0 bridgehead atoms. The van der Waals surface area contributed by atoms with Crippen LogP contribution < -0.4 is 15.7 Å². The molecule has 1 amide bonds. The number of amides is 1. The predicted octanol–water partition coefficient (Wildman–Crippen LogP) is 3.00. The summed E-state index contributed by atoms with van der Waals surface area (Å²) in [6, 6.07) is 4.81. The number of carbonyl (C=O) groups excluding carboxylic acids is 1. The van der Waals surface area contributed by atoms with Crippen molar-refractivity contribution in [3.63, 3.8) is 0 Å². The molecule has 0 radical (unpaired) electrons. The molecule has 1 fully saturated rings. The fourth-order valence-electron chi connectivity index (χ4n) is 3.52. The number of hydrogen-bond donors (Lipinski definition) is 1. The first-order valence-corrected chi connectivity index (χ1v) is 10.9. The number of carbonyl (C=O) groups is 1. The van der Waals surface area contributed by atoms with Gasteiger partial charge in [0.1, 0.15) is 11.3 Å². The van der Waals surface area contributed by atoms with E-state index < -0.39 is 11.7 Å². The van der Waals surface area contributed by atoms with Crippen LogP contribution in [0.5, 0.6) is 5.75 Å². The summed E-state index contributed by atoms with van der Waals surface area (Å²) in [5, 5.41) is 4.06. The van der Waals surface area contributed by atoms with E-state index in [0.29, 0.717) is 22.9 Å². The van der Waals surface area contributed by atoms with Gasteiger partial charge in [-0.1, -0.05) is 24.9 Å². The molecule has 30 heavy (non-hydrogen) atoms. The lowest BCUT2D eigenvalue weighted by Crippen LogP contribution is -2.40. The molecule has 1 aromatic heterocycles. The van der Waals surface area contributed by atoms with E-state index in [-0.39, 0.29) is 5.91 Å². The first kappa shape index (κ1) is 22.6. The average Bonchev–Trinajstić information content (AvgIpc) is 2.73. The van der Waals surface area contributed by atoms with Gasteiger partial charge >= 0.3 is 5.63 Å². The summed E-state index contributed by atoms with van der Waals surface area (Å²) in [7, 11) is 0. The quantitative estimate of drug-likeness (QED) is 0.480. The molecule has 3 rings (SSSR count). The summed E-state index contributed by atoms with van der Waals surface area (Å²) in [5.41, 5.74) is 0.886. The van der Waals surface area contributed by atoms with Gasteiger partial charge in [0.05, 0.1) is 18.2 Å². The largest absolute Gasteiger partial charge is 0.479 e. The average molecular weight is 437 g/mol. The highest BCUT2D eigenvalue weighted by molar-refractivity contribution is 6.32. The number of ether oxygens (including phenoxy) is 2. The van der Waals surface area contributed by atoms with Gasteiger partial charge in [-0.25, -0.2) is 4.79 Å². The normalized spacial score (nSPS) is 15.8. The van der Waals surface area contributed by atoms with Crippen LogP contribution in [0, 0.1) is 0 Å². The molecule has 8 heteroatoms. The number of nitrogens with one attached hydrogen (secondary N) is 1. The standard InChI is InChI=1S/C22H29ClN2O5/c1-3-5-16-12-21(26)30-19-14-20(18(23)13-17(16)19)29-15(2)22(27)24-6-4-7-25-8-10-28-11-9-25/h12-15H,3-11H2,1-2H3,(H,24,27)/t15-/m1/s1. The van der Waals surface area contributed by atoms with Gasteiger partial charge in [0.2, 0.25) is 0 Å². The molecule has 1 aromatic carbocycles. The van der Waals surface area contributed by atoms with Crippen molar-refractivity contribution in [2.45, 2.75) is 39.2 Å². The molecule has 2 aromatic rings.